The lowest BCUT2D eigenvalue weighted by atomic mass is 10.1. The smallest absolute Gasteiger partial charge is 0.261 e. The molecule has 2 aromatic rings. The summed E-state index contributed by atoms with van der Waals surface area (Å²) in [4.78, 5) is 12.3. The van der Waals surface area contributed by atoms with Gasteiger partial charge >= 0.3 is 0 Å². The minimum atomic E-state index is -3.69. The number of ether oxygens (including phenoxy) is 1. The molecule has 1 amide bonds. The SMILES string of the molecule is Cc1ccc(NC(=O)C2=COCC2)cc1NS(=O)(=O)c1ccccc1. The van der Waals surface area contributed by atoms with E-state index < -0.39 is 10.0 Å². The summed E-state index contributed by atoms with van der Waals surface area (Å²) in [5, 5.41) is 2.75. The van der Waals surface area contributed by atoms with Crippen LogP contribution < -0.4 is 10.0 Å². The van der Waals surface area contributed by atoms with Crippen molar-refractivity contribution >= 4 is 27.3 Å². The Morgan fingerprint density at radius 3 is 2.56 bits per heavy atom. The standard InChI is InChI=1S/C18H18N2O4S/c1-13-7-8-15(19-18(21)14-9-10-24-12-14)11-17(13)20-25(22,23)16-5-3-2-4-6-16/h2-8,11-12,20H,9-10H2,1H3,(H,19,21). The van der Waals surface area contributed by atoms with E-state index in [4.69, 9.17) is 4.74 Å². The highest BCUT2D eigenvalue weighted by molar-refractivity contribution is 7.92. The Kier molecular flexibility index (Phi) is 4.76. The Bertz CT molecular complexity index is 921. The van der Waals surface area contributed by atoms with Gasteiger partial charge in [0.2, 0.25) is 0 Å². The van der Waals surface area contributed by atoms with Gasteiger partial charge in [-0.1, -0.05) is 24.3 Å². The number of carbonyl (C=O) groups excluding carboxylic acids is 1. The highest BCUT2D eigenvalue weighted by Crippen LogP contribution is 2.24. The van der Waals surface area contributed by atoms with Crippen LogP contribution in [0.3, 0.4) is 0 Å². The maximum Gasteiger partial charge on any atom is 0.261 e. The summed E-state index contributed by atoms with van der Waals surface area (Å²) in [6.45, 7) is 2.29. The predicted molar refractivity (Wildman–Crippen MR) is 95.7 cm³/mol. The van der Waals surface area contributed by atoms with Gasteiger partial charge in [0.05, 0.1) is 29.0 Å². The molecular formula is C18H18N2O4S. The summed E-state index contributed by atoms with van der Waals surface area (Å²) < 4.78 is 32.6. The van der Waals surface area contributed by atoms with Crippen molar-refractivity contribution in [2.45, 2.75) is 18.2 Å². The molecule has 0 bridgehead atoms. The Labute approximate surface area is 146 Å². The largest absolute Gasteiger partial charge is 0.500 e. The summed E-state index contributed by atoms with van der Waals surface area (Å²) >= 11 is 0. The molecule has 0 radical (unpaired) electrons. The molecule has 0 aromatic heterocycles. The van der Waals surface area contributed by atoms with Crippen molar-refractivity contribution in [2.75, 3.05) is 16.6 Å². The predicted octanol–water partition coefficient (Wildman–Crippen LogP) is 3.04. The first kappa shape index (κ1) is 17.0. The normalized spacial score (nSPS) is 13.7. The molecule has 0 fully saturated rings. The fourth-order valence-electron chi connectivity index (χ4n) is 2.38. The second kappa shape index (κ2) is 6.98. The van der Waals surface area contributed by atoms with E-state index in [0.717, 1.165) is 5.56 Å². The molecule has 25 heavy (non-hydrogen) atoms. The molecule has 0 unspecified atom stereocenters. The maximum atomic E-state index is 12.5. The molecule has 1 aliphatic rings. The van der Waals surface area contributed by atoms with E-state index in [2.05, 4.69) is 10.0 Å². The number of hydrogen-bond acceptors (Lipinski definition) is 4. The van der Waals surface area contributed by atoms with E-state index in [1.165, 1.54) is 18.4 Å². The van der Waals surface area contributed by atoms with Crippen molar-refractivity contribution in [3.05, 3.63) is 65.9 Å². The van der Waals surface area contributed by atoms with Gasteiger partial charge in [-0.3, -0.25) is 9.52 Å². The number of hydrogen-bond donors (Lipinski definition) is 2. The molecule has 6 nitrogen and oxygen atoms in total. The van der Waals surface area contributed by atoms with E-state index in [9.17, 15) is 13.2 Å². The van der Waals surface area contributed by atoms with Gasteiger partial charge < -0.3 is 10.1 Å². The number of carbonyl (C=O) groups is 1. The number of rotatable bonds is 5. The van der Waals surface area contributed by atoms with Crippen LogP contribution in [0.2, 0.25) is 0 Å². The molecule has 0 spiro atoms. The number of benzene rings is 2. The number of amides is 1. The van der Waals surface area contributed by atoms with Crippen molar-refractivity contribution in [2.24, 2.45) is 0 Å². The second-order valence-electron chi connectivity index (χ2n) is 5.67. The summed E-state index contributed by atoms with van der Waals surface area (Å²) in [7, 11) is -3.69. The third kappa shape index (κ3) is 4.00. The maximum absolute atomic E-state index is 12.5. The summed E-state index contributed by atoms with van der Waals surface area (Å²) in [6, 6.07) is 13.2. The Balaban J connectivity index is 1.81. The summed E-state index contributed by atoms with van der Waals surface area (Å²) in [6.07, 6.45) is 2.01. The topological polar surface area (TPSA) is 84.5 Å². The second-order valence-corrected chi connectivity index (χ2v) is 7.35. The van der Waals surface area contributed by atoms with Gasteiger partial charge in [0.1, 0.15) is 0 Å². The van der Waals surface area contributed by atoms with Crippen LogP contribution in [0.1, 0.15) is 12.0 Å². The van der Waals surface area contributed by atoms with E-state index >= 15 is 0 Å². The third-order valence-electron chi connectivity index (χ3n) is 3.80. The minimum Gasteiger partial charge on any atom is -0.500 e. The van der Waals surface area contributed by atoms with Crippen LogP contribution in [-0.4, -0.2) is 20.9 Å². The average molecular weight is 358 g/mol. The van der Waals surface area contributed by atoms with Crippen molar-refractivity contribution in [3.63, 3.8) is 0 Å². The van der Waals surface area contributed by atoms with E-state index in [-0.39, 0.29) is 10.8 Å². The average Bonchev–Trinajstić information content (AvgIpc) is 3.13. The quantitative estimate of drug-likeness (QED) is 0.860. The van der Waals surface area contributed by atoms with Crippen LogP contribution in [-0.2, 0) is 19.6 Å². The third-order valence-corrected chi connectivity index (χ3v) is 5.18. The monoisotopic (exact) mass is 358 g/mol. The molecule has 0 saturated heterocycles. The van der Waals surface area contributed by atoms with Crippen LogP contribution in [0.4, 0.5) is 11.4 Å². The highest BCUT2D eigenvalue weighted by Gasteiger charge is 2.17. The summed E-state index contributed by atoms with van der Waals surface area (Å²) in [5.41, 5.74) is 2.24. The molecule has 0 aliphatic carbocycles. The molecule has 1 heterocycles. The molecule has 0 atom stereocenters. The van der Waals surface area contributed by atoms with E-state index in [1.807, 2.05) is 0 Å². The molecule has 1 aliphatic heterocycles. The molecule has 2 N–H and O–H groups in total. The summed E-state index contributed by atoms with van der Waals surface area (Å²) in [5.74, 6) is -0.252. The first-order valence-corrected chi connectivity index (χ1v) is 9.24. The zero-order valence-electron chi connectivity index (χ0n) is 13.7. The van der Waals surface area contributed by atoms with Gasteiger partial charge in [-0.25, -0.2) is 8.42 Å². The van der Waals surface area contributed by atoms with Gasteiger partial charge in [-0.15, -0.1) is 0 Å². The van der Waals surface area contributed by atoms with Gasteiger partial charge in [-0.05, 0) is 36.8 Å². The van der Waals surface area contributed by atoms with Crippen molar-refractivity contribution in [1.29, 1.82) is 0 Å². The Hall–Kier alpha value is -2.80. The lowest BCUT2D eigenvalue weighted by Crippen LogP contribution is -2.16. The number of nitrogens with one attached hydrogen (secondary N) is 2. The zero-order chi connectivity index (χ0) is 17.9. The van der Waals surface area contributed by atoms with Gasteiger partial charge in [-0.2, -0.15) is 0 Å². The molecule has 3 rings (SSSR count). The number of anilines is 2. The first-order chi connectivity index (χ1) is 12.0. The minimum absolute atomic E-state index is 0.178. The zero-order valence-corrected chi connectivity index (χ0v) is 14.5. The molecule has 7 heteroatoms. The highest BCUT2D eigenvalue weighted by atomic mass is 32.2. The van der Waals surface area contributed by atoms with Crippen LogP contribution >= 0.6 is 0 Å². The van der Waals surface area contributed by atoms with Crippen molar-refractivity contribution < 1.29 is 17.9 Å². The van der Waals surface area contributed by atoms with E-state index in [1.54, 1.807) is 43.3 Å². The molecule has 2 aromatic carbocycles. The van der Waals surface area contributed by atoms with Crippen LogP contribution in [0.25, 0.3) is 0 Å². The van der Waals surface area contributed by atoms with Crippen LogP contribution in [0, 0.1) is 6.92 Å². The first-order valence-electron chi connectivity index (χ1n) is 7.76. The Morgan fingerprint density at radius 1 is 1.12 bits per heavy atom. The van der Waals surface area contributed by atoms with Crippen LogP contribution in [0.15, 0.2) is 65.3 Å². The fourth-order valence-corrected chi connectivity index (χ4v) is 3.52. The van der Waals surface area contributed by atoms with Gasteiger partial charge in [0, 0.05) is 12.1 Å². The lowest BCUT2D eigenvalue weighted by Gasteiger charge is -2.13. The lowest BCUT2D eigenvalue weighted by molar-refractivity contribution is -0.112. The molecule has 0 saturated carbocycles. The van der Waals surface area contributed by atoms with E-state index in [0.29, 0.717) is 30.0 Å². The van der Waals surface area contributed by atoms with Crippen molar-refractivity contribution in [1.82, 2.24) is 0 Å². The van der Waals surface area contributed by atoms with Gasteiger partial charge in [0.25, 0.3) is 15.9 Å². The molecule has 130 valence electrons. The van der Waals surface area contributed by atoms with Crippen molar-refractivity contribution in [3.8, 4) is 0 Å². The molecular weight excluding hydrogens is 340 g/mol. The number of sulfonamides is 1. The van der Waals surface area contributed by atoms with Crippen LogP contribution in [0.5, 0.6) is 0 Å². The fraction of sp³-hybridized carbons (Fsp3) is 0.167. The van der Waals surface area contributed by atoms with Gasteiger partial charge in [0.15, 0.2) is 0 Å². The Morgan fingerprint density at radius 2 is 1.88 bits per heavy atom. The number of aryl methyl sites for hydroxylation is 1.